The highest BCUT2D eigenvalue weighted by Gasteiger charge is 2.02. The molecule has 1 nitrogen and oxygen atoms in total. The number of hydrogen-bond donors (Lipinski definition) is 0. The summed E-state index contributed by atoms with van der Waals surface area (Å²) >= 11 is 7.15. The SMILES string of the molecule is C=Cc1sc(Cl)nc1/C=C\C. The molecule has 0 saturated heterocycles. The van der Waals surface area contributed by atoms with Crippen LogP contribution in [0.3, 0.4) is 0 Å². The van der Waals surface area contributed by atoms with Gasteiger partial charge in [0.2, 0.25) is 0 Å². The van der Waals surface area contributed by atoms with E-state index >= 15 is 0 Å². The van der Waals surface area contributed by atoms with E-state index in [9.17, 15) is 0 Å². The summed E-state index contributed by atoms with van der Waals surface area (Å²) < 4.78 is 0.563. The molecule has 0 unspecified atom stereocenters. The van der Waals surface area contributed by atoms with Gasteiger partial charge in [0.1, 0.15) is 0 Å². The third-order valence-corrected chi connectivity index (χ3v) is 2.34. The van der Waals surface area contributed by atoms with Crippen molar-refractivity contribution in [2.24, 2.45) is 0 Å². The first-order valence-corrected chi connectivity index (χ1v) is 4.39. The van der Waals surface area contributed by atoms with Crippen LogP contribution in [0.15, 0.2) is 12.7 Å². The van der Waals surface area contributed by atoms with Crippen LogP contribution in [0.4, 0.5) is 0 Å². The maximum absolute atomic E-state index is 5.71. The highest BCUT2D eigenvalue weighted by molar-refractivity contribution is 7.16. The molecule has 0 fully saturated rings. The number of aromatic nitrogens is 1. The van der Waals surface area contributed by atoms with Crippen LogP contribution in [-0.2, 0) is 0 Å². The molecule has 0 aromatic carbocycles. The molecule has 0 aliphatic heterocycles. The van der Waals surface area contributed by atoms with Crippen molar-refractivity contribution in [3.8, 4) is 0 Å². The molecule has 0 atom stereocenters. The fourth-order valence-corrected chi connectivity index (χ4v) is 1.71. The van der Waals surface area contributed by atoms with Crippen LogP contribution in [0.25, 0.3) is 12.2 Å². The minimum Gasteiger partial charge on any atom is -0.225 e. The highest BCUT2D eigenvalue weighted by atomic mass is 35.5. The van der Waals surface area contributed by atoms with Gasteiger partial charge in [-0.05, 0) is 19.1 Å². The van der Waals surface area contributed by atoms with Crippen molar-refractivity contribution in [2.75, 3.05) is 0 Å². The predicted octanol–water partition coefficient (Wildman–Crippen LogP) is 3.47. The molecule has 1 aromatic heterocycles. The summed E-state index contributed by atoms with van der Waals surface area (Å²) in [5, 5.41) is 0. The first kappa shape index (κ1) is 8.50. The van der Waals surface area contributed by atoms with Crippen molar-refractivity contribution in [1.29, 1.82) is 0 Å². The Bertz CT molecular complexity index is 288. The van der Waals surface area contributed by atoms with Crippen molar-refractivity contribution < 1.29 is 0 Å². The van der Waals surface area contributed by atoms with Gasteiger partial charge in [0.25, 0.3) is 0 Å². The fraction of sp³-hybridized carbons (Fsp3) is 0.125. The first-order chi connectivity index (χ1) is 5.27. The average Bonchev–Trinajstić information content (AvgIpc) is 2.32. The number of rotatable bonds is 2. The lowest BCUT2D eigenvalue weighted by Gasteiger charge is -1.84. The van der Waals surface area contributed by atoms with Crippen molar-refractivity contribution in [1.82, 2.24) is 4.98 Å². The molecule has 1 rings (SSSR count). The first-order valence-electron chi connectivity index (χ1n) is 3.19. The van der Waals surface area contributed by atoms with E-state index in [1.165, 1.54) is 11.3 Å². The smallest absolute Gasteiger partial charge is 0.184 e. The summed E-state index contributed by atoms with van der Waals surface area (Å²) in [5.74, 6) is 0. The third kappa shape index (κ3) is 1.91. The number of allylic oxidation sites excluding steroid dienone is 1. The number of thiazole rings is 1. The molecule has 0 amide bonds. The molecule has 0 spiro atoms. The zero-order valence-electron chi connectivity index (χ0n) is 6.17. The predicted molar refractivity (Wildman–Crippen MR) is 51.9 cm³/mol. The van der Waals surface area contributed by atoms with Gasteiger partial charge in [0, 0.05) is 0 Å². The Labute approximate surface area is 75.0 Å². The zero-order chi connectivity index (χ0) is 8.27. The summed E-state index contributed by atoms with van der Waals surface area (Å²) in [4.78, 5) is 5.12. The van der Waals surface area contributed by atoms with E-state index < -0.39 is 0 Å². The van der Waals surface area contributed by atoms with Crippen LogP contribution < -0.4 is 0 Å². The zero-order valence-corrected chi connectivity index (χ0v) is 7.75. The van der Waals surface area contributed by atoms with E-state index in [0.29, 0.717) is 4.47 Å². The topological polar surface area (TPSA) is 12.9 Å². The van der Waals surface area contributed by atoms with Crippen molar-refractivity contribution in [3.05, 3.63) is 27.7 Å². The molecule has 0 aliphatic rings. The van der Waals surface area contributed by atoms with Gasteiger partial charge < -0.3 is 0 Å². The normalized spacial score (nSPS) is 10.7. The second-order valence-corrected chi connectivity index (χ2v) is 3.53. The van der Waals surface area contributed by atoms with E-state index in [-0.39, 0.29) is 0 Å². The molecule has 0 radical (unpaired) electrons. The number of nitrogens with zero attached hydrogens (tertiary/aromatic N) is 1. The van der Waals surface area contributed by atoms with Gasteiger partial charge in [-0.15, -0.1) is 11.3 Å². The van der Waals surface area contributed by atoms with Gasteiger partial charge in [-0.3, -0.25) is 0 Å². The highest BCUT2D eigenvalue weighted by Crippen LogP contribution is 2.24. The van der Waals surface area contributed by atoms with E-state index in [1.54, 1.807) is 6.08 Å². The van der Waals surface area contributed by atoms with Gasteiger partial charge in [-0.2, -0.15) is 0 Å². The van der Waals surface area contributed by atoms with E-state index in [2.05, 4.69) is 11.6 Å². The molecular formula is C8H8ClNS. The Morgan fingerprint density at radius 3 is 2.91 bits per heavy atom. The molecule has 0 aliphatic carbocycles. The molecule has 58 valence electrons. The maximum atomic E-state index is 5.71. The summed E-state index contributed by atoms with van der Waals surface area (Å²) in [5.41, 5.74) is 0.900. The van der Waals surface area contributed by atoms with Crippen LogP contribution in [0.1, 0.15) is 17.5 Å². The summed E-state index contributed by atoms with van der Waals surface area (Å²) in [6.07, 6.45) is 5.61. The van der Waals surface area contributed by atoms with Gasteiger partial charge in [0.15, 0.2) is 4.47 Å². The van der Waals surface area contributed by atoms with E-state index in [0.717, 1.165) is 10.6 Å². The van der Waals surface area contributed by atoms with Crippen molar-refractivity contribution in [3.63, 3.8) is 0 Å². The quantitative estimate of drug-likeness (QED) is 0.688. The lowest BCUT2D eigenvalue weighted by molar-refractivity contribution is 1.37. The molecule has 11 heavy (non-hydrogen) atoms. The van der Waals surface area contributed by atoms with Crippen LogP contribution in [0, 0.1) is 0 Å². The minimum absolute atomic E-state index is 0.563. The Hall–Kier alpha value is -0.600. The second-order valence-electron chi connectivity index (χ2n) is 1.92. The molecule has 0 N–H and O–H groups in total. The van der Waals surface area contributed by atoms with Gasteiger partial charge in [0.05, 0.1) is 10.6 Å². The third-order valence-electron chi connectivity index (χ3n) is 1.16. The molecule has 0 saturated carbocycles. The van der Waals surface area contributed by atoms with Crippen molar-refractivity contribution >= 4 is 35.1 Å². The second kappa shape index (κ2) is 3.69. The molecule has 1 heterocycles. The monoisotopic (exact) mass is 185 g/mol. The maximum Gasteiger partial charge on any atom is 0.184 e. The van der Waals surface area contributed by atoms with Gasteiger partial charge >= 0.3 is 0 Å². The lowest BCUT2D eigenvalue weighted by Crippen LogP contribution is -1.72. The number of hydrogen-bond acceptors (Lipinski definition) is 2. The Morgan fingerprint density at radius 1 is 1.64 bits per heavy atom. The van der Waals surface area contributed by atoms with Gasteiger partial charge in [-0.1, -0.05) is 24.3 Å². The molecule has 3 heteroatoms. The Balaban J connectivity index is 3.11. The van der Waals surface area contributed by atoms with E-state index in [4.69, 9.17) is 11.6 Å². The average molecular weight is 186 g/mol. The van der Waals surface area contributed by atoms with Crippen LogP contribution >= 0.6 is 22.9 Å². The Morgan fingerprint density at radius 2 is 2.36 bits per heavy atom. The summed E-state index contributed by atoms with van der Waals surface area (Å²) in [6, 6.07) is 0. The number of halogens is 1. The standard InChI is InChI=1S/C8H8ClNS/c1-3-5-6-7(4-2)11-8(9)10-6/h3-5H,2H2,1H3/b5-3-. The minimum atomic E-state index is 0.563. The molecular weight excluding hydrogens is 178 g/mol. The molecule has 0 bridgehead atoms. The summed E-state index contributed by atoms with van der Waals surface area (Å²) in [7, 11) is 0. The van der Waals surface area contributed by atoms with E-state index in [1.807, 2.05) is 19.1 Å². The molecule has 1 aromatic rings. The Kier molecular flexibility index (Phi) is 2.85. The van der Waals surface area contributed by atoms with Crippen LogP contribution in [0.5, 0.6) is 0 Å². The largest absolute Gasteiger partial charge is 0.225 e. The lowest BCUT2D eigenvalue weighted by atomic mass is 10.3. The van der Waals surface area contributed by atoms with Crippen LogP contribution in [-0.4, -0.2) is 4.98 Å². The fourth-order valence-electron chi connectivity index (χ4n) is 0.739. The van der Waals surface area contributed by atoms with Crippen molar-refractivity contribution in [2.45, 2.75) is 6.92 Å². The van der Waals surface area contributed by atoms with Crippen LogP contribution in [0.2, 0.25) is 4.47 Å². The summed E-state index contributed by atoms with van der Waals surface area (Å²) in [6.45, 7) is 5.61. The van der Waals surface area contributed by atoms with Gasteiger partial charge in [-0.25, -0.2) is 4.98 Å².